The predicted octanol–water partition coefficient (Wildman–Crippen LogP) is 2.78. The van der Waals surface area contributed by atoms with Crippen LogP contribution < -0.4 is 0 Å². The van der Waals surface area contributed by atoms with Crippen molar-refractivity contribution in [1.29, 1.82) is 5.26 Å². The second kappa shape index (κ2) is 6.89. The molecule has 0 N–H and O–H groups in total. The normalized spacial score (nSPS) is 17.6. The van der Waals surface area contributed by atoms with E-state index in [1.165, 1.54) is 6.07 Å². The van der Waals surface area contributed by atoms with Crippen LogP contribution in [-0.4, -0.2) is 35.5 Å². The van der Waals surface area contributed by atoms with Gasteiger partial charge >= 0.3 is 0 Å². The zero-order chi connectivity index (χ0) is 18.1. The maximum absolute atomic E-state index is 13.6. The molecule has 0 saturated carbocycles. The predicted molar refractivity (Wildman–Crippen MR) is 88.9 cm³/mol. The third kappa shape index (κ3) is 3.20. The third-order valence-corrected chi connectivity index (χ3v) is 4.88. The molecule has 2 aliphatic heterocycles. The summed E-state index contributed by atoms with van der Waals surface area (Å²) in [7, 11) is 0. The van der Waals surface area contributed by atoms with Crippen LogP contribution in [0.4, 0.5) is 4.39 Å². The van der Waals surface area contributed by atoms with Gasteiger partial charge in [0.05, 0.1) is 18.2 Å². The van der Waals surface area contributed by atoms with Crippen molar-refractivity contribution in [3.63, 3.8) is 0 Å². The summed E-state index contributed by atoms with van der Waals surface area (Å²) in [5, 5.41) is 8.96. The van der Waals surface area contributed by atoms with Crippen LogP contribution in [-0.2, 0) is 17.7 Å². The molecule has 0 atom stereocenters. The second-order valence-corrected chi connectivity index (χ2v) is 6.63. The zero-order valence-electron chi connectivity index (χ0n) is 14.2. The van der Waals surface area contributed by atoms with Crippen LogP contribution in [0.25, 0.3) is 0 Å². The first-order valence-electron chi connectivity index (χ1n) is 8.70. The lowest BCUT2D eigenvalue weighted by atomic mass is 10.0. The number of hydrogen-bond acceptors (Lipinski definition) is 5. The molecule has 134 valence electrons. The van der Waals surface area contributed by atoms with E-state index in [-0.39, 0.29) is 23.0 Å². The number of fused-ring (bicyclic) bond motifs is 1. The zero-order valence-corrected chi connectivity index (χ0v) is 14.2. The topological polar surface area (TPSA) is 79.4 Å². The molecule has 1 aromatic carbocycles. The number of benzene rings is 1. The molecule has 0 bridgehead atoms. The highest BCUT2D eigenvalue weighted by molar-refractivity contribution is 5.94. The summed E-state index contributed by atoms with van der Waals surface area (Å²) in [5.74, 6) is 0.924. The molecular formula is C19H18FN3O3. The van der Waals surface area contributed by atoms with Gasteiger partial charge in [-0.2, -0.15) is 5.26 Å². The van der Waals surface area contributed by atoms with Crippen molar-refractivity contribution in [2.45, 2.75) is 31.7 Å². The van der Waals surface area contributed by atoms with Crippen molar-refractivity contribution in [3.8, 4) is 6.07 Å². The Morgan fingerprint density at radius 1 is 1.31 bits per heavy atom. The average Bonchev–Trinajstić information content (AvgIpc) is 3.11. The standard InChI is InChI=1S/C19H18FN3O3/c20-15-8-12(10-21)7-14(9-15)19(24)23-4-1-17-16(11-23)22-18(26-17)13-2-5-25-6-3-13/h7-9,13H,1-6,11H2. The average molecular weight is 355 g/mol. The highest BCUT2D eigenvalue weighted by Gasteiger charge is 2.29. The molecule has 26 heavy (non-hydrogen) atoms. The van der Waals surface area contributed by atoms with Crippen LogP contribution in [0.15, 0.2) is 22.6 Å². The number of hydrogen-bond donors (Lipinski definition) is 0. The fourth-order valence-corrected chi connectivity index (χ4v) is 3.47. The van der Waals surface area contributed by atoms with Crippen LogP contribution in [0, 0.1) is 17.1 Å². The van der Waals surface area contributed by atoms with E-state index in [9.17, 15) is 9.18 Å². The van der Waals surface area contributed by atoms with Gasteiger partial charge in [0.2, 0.25) is 0 Å². The summed E-state index contributed by atoms with van der Waals surface area (Å²) in [6.07, 6.45) is 2.36. The number of carbonyl (C=O) groups is 1. The fraction of sp³-hybridized carbons (Fsp3) is 0.421. The minimum atomic E-state index is -0.590. The van der Waals surface area contributed by atoms with Crippen LogP contribution >= 0.6 is 0 Å². The molecule has 0 radical (unpaired) electrons. The summed E-state index contributed by atoms with van der Waals surface area (Å²) < 4.78 is 24.9. The number of aromatic nitrogens is 1. The van der Waals surface area contributed by atoms with E-state index in [0.717, 1.165) is 42.3 Å². The molecule has 1 saturated heterocycles. The van der Waals surface area contributed by atoms with Gasteiger partial charge in [-0.3, -0.25) is 4.79 Å². The van der Waals surface area contributed by atoms with E-state index < -0.39 is 5.82 Å². The number of nitrogens with zero attached hydrogens (tertiary/aromatic N) is 3. The van der Waals surface area contributed by atoms with Crippen LogP contribution in [0.3, 0.4) is 0 Å². The number of nitriles is 1. The number of halogens is 1. The molecule has 6 nitrogen and oxygen atoms in total. The van der Waals surface area contributed by atoms with E-state index in [4.69, 9.17) is 14.4 Å². The van der Waals surface area contributed by atoms with Gasteiger partial charge in [0, 0.05) is 37.7 Å². The Morgan fingerprint density at radius 3 is 2.88 bits per heavy atom. The van der Waals surface area contributed by atoms with Gasteiger partial charge in [-0.15, -0.1) is 0 Å². The van der Waals surface area contributed by atoms with Crippen molar-refractivity contribution < 1.29 is 18.3 Å². The second-order valence-electron chi connectivity index (χ2n) is 6.63. The number of oxazole rings is 1. The number of carbonyl (C=O) groups excluding carboxylic acids is 1. The summed E-state index contributed by atoms with van der Waals surface area (Å²) in [6.45, 7) is 2.23. The Balaban J connectivity index is 1.53. The lowest BCUT2D eigenvalue weighted by Gasteiger charge is -2.25. The van der Waals surface area contributed by atoms with Crippen LogP contribution in [0.5, 0.6) is 0 Å². The van der Waals surface area contributed by atoms with Crippen molar-refractivity contribution in [1.82, 2.24) is 9.88 Å². The SMILES string of the molecule is N#Cc1cc(F)cc(C(=O)N2CCc3oc(C4CCOCC4)nc3C2)c1. The Bertz CT molecular complexity index is 881. The molecule has 2 aliphatic rings. The number of rotatable bonds is 2. The largest absolute Gasteiger partial charge is 0.445 e. The maximum atomic E-state index is 13.6. The highest BCUT2D eigenvalue weighted by atomic mass is 19.1. The van der Waals surface area contributed by atoms with Gasteiger partial charge in [0.15, 0.2) is 5.89 Å². The van der Waals surface area contributed by atoms with Crippen molar-refractivity contribution in [2.75, 3.05) is 19.8 Å². The molecule has 0 aliphatic carbocycles. The van der Waals surface area contributed by atoms with Gasteiger partial charge in [0.25, 0.3) is 5.91 Å². The molecular weight excluding hydrogens is 337 g/mol. The monoisotopic (exact) mass is 355 g/mol. The number of ether oxygens (including phenoxy) is 1. The smallest absolute Gasteiger partial charge is 0.254 e. The van der Waals surface area contributed by atoms with Crippen LogP contribution in [0.1, 0.15) is 52.0 Å². The minimum Gasteiger partial charge on any atom is -0.445 e. The van der Waals surface area contributed by atoms with Crippen molar-refractivity contribution >= 4 is 5.91 Å². The van der Waals surface area contributed by atoms with Gasteiger partial charge in [-0.25, -0.2) is 9.37 Å². The molecule has 0 spiro atoms. The Hall–Kier alpha value is -2.72. The van der Waals surface area contributed by atoms with Gasteiger partial charge in [-0.05, 0) is 31.0 Å². The third-order valence-electron chi connectivity index (χ3n) is 4.88. The summed E-state index contributed by atoms with van der Waals surface area (Å²) >= 11 is 0. The van der Waals surface area contributed by atoms with E-state index in [2.05, 4.69) is 4.98 Å². The van der Waals surface area contributed by atoms with Gasteiger partial charge < -0.3 is 14.1 Å². The summed E-state index contributed by atoms with van der Waals surface area (Å²) in [6, 6.07) is 5.56. The Labute approximate surface area is 150 Å². The first-order valence-corrected chi connectivity index (χ1v) is 8.70. The minimum absolute atomic E-state index is 0.134. The van der Waals surface area contributed by atoms with Crippen LogP contribution in [0.2, 0.25) is 0 Å². The molecule has 1 amide bonds. The van der Waals surface area contributed by atoms with Gasteiger partial charge in [0.1, 0.15) is 17.3 Å². The summed E-state index contributed by atoms with van der Waals surface area (Å²) in [5.41, 5.74) is 1.08. The van der Waals surface area contributed by atoms with E-state index >= 15 is 0 Å². The van der Waals surface area contributed by atoms with Gasteiger partial charge in [-0.1, -0.05) is 0 Å². The molecule has 1 fully saturated rings. The first-order chi connectivity index (χ1) is 12.6. The first kappa shape index (κ1) is 16.7. The summed E-state index contributed by atoms with van der Waals surface area (Å²) in [4.78, 5) is 18.9. The number of amides is 1. The molecule has 2 aromatic rings. The van der Waals surface area contributed by atoms with E-state index in [1.54, 1.807) is 4.90 Å². The molecule has 4 rings (SSSR count). The molecule has 7 heteroatoms. The molecule has 3 heterocycles. The van der Waals surface area contributed by atoms with Crippen molar-refractivity contribution in [3.05, 3.63) is 52.5 Å². The Morgan fingerprint density at radius 2 is 2.12 bits per heavy atom. The van der Waals surface area contributed by atoms with Crippen molar-refractivity contribution in [2.24, 2.45) is 0 Å². The quantitative estimate of drug-likeness (QED) is 0.828. The highest BCUT2D eigenvalue weighted by Crippen LogP contribution is 2.30. The molecule has 1 aromatic heterocycles. The Kier molecular flexibility index (Phi) is 4.43. The fourth-order valence-electron chi connectivity index (χ4n) is 3.47. The lowest BCUT2D eigenvalue weighted by Crippen LogP contribution is -2.35. The lowest BCUT2D eigenvalue weighted by molar-refractivity contribution is 0.0725. The van der Waals surface area contributed by atoms with E-state index in [0.29, 0.717) is 32.7 Å². The maximum Gasteiger partial charge on any atom is 0.254 e. The van der Waals surface area contributed by atoms with E-state index in [1.807, 2.05) is 6.07 Å². The molecule has 0 unspecified atom stereocenters.